The molecule has 1 fully saturated rings. The van der Waals surface area contributed by atoms with Crippen molar-refractivity contribution in [2.75, 3.05) is 13.1 Å². The van der Waals surface area contributed by atoms with E-state index in [-0.39, 0.29) is 0 Å². The van der Waals surface area contributed by atoms with E-state index in [0.717, 1.165) is 55.4 Å². The van der Waals surface area contributed by atoms with Crippen LogP contribution in [-0.4, -0.2) is 48.1 Å². The maximum Gasteiger partial charge on any atom is 0.199 e. The van der Waals surface area contributed by atoms with Crippen LogP contribution in [-0.2, 0) is 6.54 Å². The lowest BCUT2D eigenvalue weighted by atomic mass is 9.96. The van der Waals surface area contributed by atoms with Crippen LogP contribution >= 0.6 is 0 Å². The van der Waals surface area contributed by atoms with Crippen molar-refractivity contribution in [2.24, 2.45) is 0 Å². The fourth-order valence-electron chi connectivity index (χ4n) is 3.90. The molecule has 1 aliphatic rings. The van der Waals surface area contributed by atoms with Crippen LogP contribution in [0.5, 0.6) is 0 Å². The van der Waals surface area contributed by atoms with Crippen LogP contribution in [0, 0.1) is 0 Å². The smallest absolute Gasteiger partial charge is 0.199 e. The van der Waals surface area contributed by atoms with Crippen molar-refractivity contribution in [3.05, 3.63) is 78.5 Å². The highest BCUT2D eigenvalue weighted by Crippen LogP contribution is 2.27. The van der Waals surface area contributed by atoms with Crippen LogP contribution in [0.15, 0.2) is 67.1 Å². The number of nitrogens with one attached hydrogen (secondary N) is 1. The molecule has 4 aromatic rings. The number of H-pyrrole nitrogens is 1. The van der Waals surface area contributed by atoms with E-state index in [1.165, 1.54) is 5.56 Å². The topological polar surface area (TPSA) is 83.5 Å². The summed E-state index contributed by atoms with van der Waals surface area (Å²) in [6.07, 6.45) is 7.46. The minimum absolute atomic E-state index is 0.420. The molecule has 1 N–H and O–H groups in total. The summed E-state index contributed by atoms with van der Waals surface area (Å²) in [4.78, 5) is 20.1. The highest BCUT2D eigenvalue weighted by atomic mass is 15.2. The standard InChI is InChI=1S/C23H23N7/c1-2-11-24-20(4-1)23-27-22(28-29-23)19-9-14-30(15-10-19)16-17-5-7-18(8-6-17)21-25-12-3-13-26-21/h1-8,11-13,19H,9-10,14-16H2,(H,27,28,29). The Morgan fingerprint density at radius 2 is 1.60 bits per heavy atom. The van der Waals surface area contributed by atoms with Crippen LogP contribution in [0.1, 0.15) is 30.1 Å². The van der Waals surface area contributed by atoms with Gasteiger partial charge in [-0.3, -0.25) is 15.0 Å². The third kappa shape index (κ3) is 4.11. The number of rotatable bonds is 5. The van der Waals surface area contributed by atoms with E-state index in [2.05, 4.69) is 54.3 Å². The van der Waals surface area contributed by atoms with E-state index in [1.54, 1.807) is 18.6 Å². The second-order valence-electron chi connectivity index (χ2n) is 7.58. The Bertz CT molecular complexity index is 1070. The Morgan fingerprint density at radius 3 is 2.33 bits per heavy atom. The van der Waals surface area contributed by atoms with Crippen LogP contribution < -0.4 is 0 Å². The van der Waals surface area contributed by atoms with Crippen LogP contribution in [0.4, 0.5) is 0 Å². The lowest BCUT2D eigenvalue weighted by Crippen LogP contribution is -2.32. The summed E-state index contributed by atoms with van der Waals surface area (Å²) in [6.45, 7) is 3.06. The van der Waals surface area contributed by atoms with E-state index in [1.807, 2.05) is 24.3 Å². The molecule has 5 rings (SSSR count). The van der Waals surface area contributed by atoms with Gasteiger partial charge in [0.2, 0.25) is 0 Å². The van der Waals surface area contributed by atoms with Crippen LogP contribution in [0.25, 0.3) is 22.9 Å². The first-order chi connectivity index (χ1) is 14.8. The summed E-state index contributed by atoms with van der Waals surface area (Å²) in [5.74, 6) is 2.84. The second kappa shape index (κ2) is 8.51. The summed E-state index contributed by atoms with van der Waals surface area (Å²) >= 11 is 0. The predicted octanol–water partition coefficient (Wildman–Crippen LogP) is 3.70. The monoisotopic (exact) mass is 397 g/mol. The number of likely N-dealkylation sites (tertiary alicyclic amines) is 1. The largest absolute Gasteiger partial charge is 0.299 e. The lowest BCUT2D eigenvalue weighted by Gasteiger charge is -2.30. The highest BCUT2D eigenvalue weighted by molar-refractivity contribution is 5.54. The Balaban J connectivity index is 1.17. The summed E-state index contributed by atoms with van der Waals surface area (Å²) in [5, 5.41) is 7.49. The van der Waals surface area contributed by atoms with E-state index < -0.39 is 0 Å². The first kappa shape index (κ1) is 18.6. The van der Waals surface area contributed by atoms with E-state index in [4.69, 9.17) is 4.98 Å². The summed E-state index contributed by atoms with van der Waals surface area (Å²) in [5.41, 5.74) is 3.17. The van der Waals surface area contributed by atoms with Gasteiger partial charge >= 0.3 is 0 Å². The number of piperidine rings is 1. The molecule has 0 unspecified atom stereocenters. The highest BCUT2D eigenvalue weighted by Gasteiger charge is 2.23. The molecule has 0 spiro atoms. The van der Waals surface area contributed by atoms with E-state index in [0.29, 0.717) is 11.7 Å². The maximum atomic E-state index is 4.69. The maximum absolute atomic E-state index is 4.69. The number of aromatic amines is 1. The number of aromatic nitrogens is 6. The average Bonchev–Trinajstić information content (AvgIpc) is 3.32. The van der Waals surface area contributed by atoms with Gasteiger partial charge in [-0.05, 0) is 49.7 Å². The number of pyridine rings is 1. The molecule has 0 aliphatic carbocycles. The minimum Gasteiger partial charge on any atom is -0.299 e. The van der Waals surface area contributed by atoms with E-state index >= 15 is 0 Å². The zero-order chi connectivity index (χ0) is 20.2. The quantitative estimate of drug-likeness (QED) is 0.553. The zero-order valence-electron chi connectivity index (χ0n) is 16.6. The Hall–Kier alpha value is -3.45. The molecule has 4 heterocycles. The normalized spacial score (nSPS) is 15.3. The van der Waals surface area contributed by atoms with Crippen molar-refractivity contribution in [3.8, 4) is 22.9 Å². The summed E-state index contributed by atoms with van der Waals surface area (Å²) in [7, 11) is 0. The molecule has 0 saturated carbocycles. The molecule has 0 amide bonds. The van der Waals surface area contributed by atoms with Gasteiger partial charge in [0.1, 0.15) is 11.5 Å². The van der Waals surface area contributed by atoms with Gasteiger partial charge in [-0.15, -0.1) is 0 Å². The molecule has 0 atom stereocenters. The molecule has 1 saturated heterocycles. The predicted molar refractivity (Wildman–Crippen MR) is 114 cm³/mol. The van der Waals surface area contributed by atoms with Crippen molar-refractivity contribution in [1.29, 1.82) is 0 Å². The van der Waals surface area contributed by atoms with E-state index in [9.17, 15) is 0 Å². The summed E-state index contributed by atoms with van der Waals surface area (Å²) < 4.78 is 0. The van der Waals surface area contributed by atoms with Gasteiger partial charge in [0, 0.05) is 36.6 Å². The molecule has 7 nitrogen and oxygen atoms in total. The molecular weight excluding hydrogens is 374 g/mol. The molecule has 3 aromatic heterocycles. The second-order valence-corrected chi connectivity index (χ2v) is 7.58. The fourth-order valence-corrected chi connectivity index (χ4v) is 3.90. The molecule has 150 valence electrons. The molecule has 0 radical (unpaired) electrons. The van der Waals surface area contributed by atoms with Crippen molar-refractivity contribution in [3.63, 3.8) is 0 Å². The van der Waals surface area contributed by atoms with Gasteiger partial charge in [-0.25, -0.2) is 15.0 Å². The van der Waals surface area contributed by atoms with Crippen LogP contribution in [0.2, 0.25) is 0 Å². The molecule has 1 aliphatic heterocycles. The zero-order valence-corrected chi connectivity index (χ0v) is 16.6. The minimum atomic E-state index is 0.420. The Morgan fingerprint density at radius 1 is 0.833 bits per heavy atom. The molecule has 30 heavy (non-hydrogen) atoms. The van der Waals surface area contributed by atoms with Crippen molar-refractivity contribution in [2.45, 2.75) is 25.3 Å². The lowest BCUT2D eigenvalue weighted by molar-refractivity contribution is 0.202. The third-order valence-electron chi connectivity index (χ3n) is 5.56. The Labute approximate surface area is 175 Å². The van der Waals surface area contributed by atoms with Crippen molar-refractivity contribution in [1.82, 2.24) is 35.0 Å². The number of hydrogen-bond donors (Lipinski definition) is 1. The number of benzene rings is 1. The summed E-state index contributed by atoms with van der Waals surface area (Å²) in [6, 6.07) is 16.2. The van der Waals surface area contributed by atoms with Gasteiger partial charge in [-0.2, -0.15) is 5.10 Å². The van der Waals surface area contributed by atoms with Crippen LogP contribution in [0.3, 0.4) is 0 Å². The van der Waals surface area contributed by atoms with Gasteiger partial charge in [0.05, 0.1) is 0 Å². The van der Waals surface area contributed by atoms with Crippen molar-refractivity contribution < 1.29 is 0 Å². The van der Waals surface area contributed by atoms with Gasteiger partial charge in [0.25, 0.3) is 0 Å². The third-order valence-corrected chi connectivity index (χ3v) is 5.56. The molecule has 0 bridgehead atoms. The average molecular weight is 397 g/mol. The van der Waals surface area contributed by atoms with Gasteiger partial charge < -0.3 is 0 Å². The first-order valence-corrected chi connectivity index (χ1v) is 10.3. The molecule has 1 aromatic carbocycles. The Kier molecular flexibility index (Phi) is 5.26. The van der Waals surface area contributed by atoms with Gasteiger partial charge in [-0.1, -0.05) is 30.3 Å². The SMILES string of the molecule is c1ccc(-c2n[nH]c(C3CCN(Cc4ccc(-c5ncccn5)cc4)CC3)n2)nc1. The molecule has 7 heteroatoms. The first-order valence-electron chi connectivity index (χ1n) is 10.3. The fraction of sp³-hybridized carbons (Fsp3) is 0.261. The molecular formula is C23H23N7. The van der Waals surface area contributed by atoms with Crippen molar-refractivity contribution >= 4 is 0 Å². The number of hydrogen-bond acceptors (Lipinski definition) is 6. The van der Waals surface area contributed by atoms with Gasteiger partial charge in [0.15, 0.2) is 11.6 Å². The number of nitrogens with zero attached hydrogens (tertiary/aromatic N) is 6.